The van der Waals surface area contributed by atoms with E-state index in [0.29, 0.717) is 45.2 Å². The van der Waals surface area contributed by atoms with Crippen LogP contribution >= 0.6 is 0 Å². The number of hydrogen-bond acceptors (Lipinski definition) is 17. The summed E-state index contributed by atoms with van der Waals surface area (Å²) in [5.41, 5.74) is -1.38. The second-order valence-electron chi connectivity index (χ2n) is 33.3. The fourth-order valence-corrected chi connectivity index (χ4v) is 12.5. The largest absolute Gasteiger partial charge is 0.480 e. The number of ether oxygens (including phenoxy) is 3. The molecule has 7 fully saturated rings. The van der Waals surface area contributed by atoms with E-state index in [1.54, 1.807) is 25.7 Å². The Morgan fingerprint density at radius 1 is 0.435 bits per heavy atom. The predicted octanol–water partition coefficient (Wildman–Crippen LogP) is 10.6. The van der Waals surface area contributed by atoms with Crippen molar-refractivity contribution in [3.8, 4) is 0 Å². The monoisotopic (exact) mass is 1580 g/mol. The van der Waals surface area contributed by atoms with Gasteiger partial charge in [-0.15, -0.1) is 0 Å². The van der Waals surface area contributed by atoms with Crippen LogP contribution in [0.25, 0.3) is 0 Å². The molecule has 0 aromatic heterocycles. The average Bonchev–Trinajstić information content (AvgIpc) is 1.66. The molecule has 7 aliphatic rings. The molecule has 0 bridgehead atoms. The summed E-state index contributed by atoms with van der Waals surface area (Å²) < 4.78 is 162. The van der Waals surface area contributed by atoms with Gasteiger partial charge in [-0.1, -0.05) is 24.3 Å². The molecule has 7 N–H and O–H groups in total. The lowest BCUT2D eigenvalue weighted by molar-refractivity contribution is -0.153. The molecule has 0 spiro atoms. The van der Waals surface area contributed by atoms with Crippen molar-refractivity contribution < 1.29 is 132 Å². The van der Waals surface area contributed by atoms with E-state index in [-0.39, 0.29) is 98.9 Å². The van der Waals surface area contributed by atoms with Gasteiger partial charge in [0.15, 0.2) is 0 Å². The third-order valence-electron chi connectivity index (χ3n) is 18.3. The molecule has 10 atom stereocenters. The standard InChI is InChI=1S/C11H19F2NO3.C11H17F2NO2.C11H18FNO2.C10H17F2NO3.C10H15F2NO2.C10H18FNO3.C10H16FNO2/c1-10(2,3)14-7-11(12,13)4-8(14)5-17-6-9(15)16;1-10(2,3)14-7-11(12,13)6-8(14)4-5-9(15)16;1-11(2,3)13-7-8(12)6-9(13)4-5-10(14)15;1-9(2,3)13-4-7(10(11,12)6-13)16-5-8(14)15;1-7(2)13-5-8(3-4-9(14)15)10(11,12)6-13;1-10(2,3)12-4-7(11)8(5-12)15-6-9(13)14;1-7(2)12-5-8(9(11)6-12)3-4-10(13)14/h8H,4-7H2,1-3H3,(H,15,16);4-5,8H,6-7H2,1-3H3,(H,15,16);4-5,8-9H,6-7H2,1-3H3,(H,14,15);7H,4-6H2,1-3H3,(H,14,15);3-4,7-8H,5-6H2,1-2H3,(H,14,15);7-8H,4-6H2,1-3H3,(H,13,14);3-4,7-9H,5-6H2,1-2H3,(H,13,14)/b;2*5-4+;;4-3+;;4-3+. The van der Waals surface area contributed by atoms with Gasteiger partial charge in [0.2, 0.25) is 0 Å². The molecule has 0 aromatic rings. The number of nitrogens with zero attached hydrogens (tertiary/aromatic N) is 7. The van der Waals surface area contributed by atoms with Crippen LogP contribution in [0.1, 0.15) is 151 Å². The van der Waals surface area contributed by atoms with Crippen LogP contribution < -0.4 is 0 Å². The van der Waals surface area contributed by atoms with E-state index in [0.717, 1.165) is 30.4 Å². The highest BCUT2D eigenvalue weighted by molar-refractivity contribution is 5.81. The lowest BCUT2D eigenvalue weighted by atomic mass is 10.0. The van der Waals surface area contributed by atoms with Gasteiger partial charge in [-0.3, -0.25) is 34.3 Å². The second-order valence-corrected chi connectivity index (χ2v) is 33.3. The van der Waals surface area contributed by atoms with Gasteiger partial charge in [0.25, 0.3) is 23.7 Å². The van der Waals surface area contributed by atoms with E-state index < -0.39 is 140 Å². The normalized spacial score (nSPS) is 27.1. The first-order valence-corrected chi connectivity index (χ1v) is 35.6. The first-order valence-electron chi connectivity index (χ1n) is 35.6. The molecule has 626 valence electrons. The molecule has 108 heavy (non-hydrogen) atoms. The zero-order chi connectivity index (χ0) is 84.0. The minimum absolute atomic E-state index is 0.0269. The zero-order valence-electron chi connectivity index (χ0n) is 65.8. The van der Waals surface area contributed by atoms with E-state index in [1.807, 2.05) is 146 Å². The van der Waals surface area contributed by atoms with Crippen molar-refractivity contribution in [1.82, 2.24) is 34.3 Å². The van der Waals surface area contributed by atoms with Crippen LogP contribution in [0.2, 0.25) is 0 Å². The van der Waals surface area contributed by atoms with Gasteiger partial charge in [0, 0.05) is 147 Å². The van der Waals surface area contributed by atoms with Crippen LogP contribution in [0.3, 0.4) is 0 Å². The average molecular weight is 1580 g/mol. The fourth-order valence-electron chi connectivity index (χ4n) is 12.5. The highest BCUT2D eigenvalue weighted by Crippen LogP contribution is 2.40. The van der Waals surface area contributed by atoms with Crippen molar-refractivity contribution in [3.63, 3.8) is 0 Å². The molecule has 35 heteroatoms. The Kier molecular flexibility index (Phi) is 39.0. The summed E-state index contributed by atoms with van der Waals surface area (Å²) in [6.07, 6.45) is 4.30. The molecule has 24 nitrogen and oxygen atoms in total. The van der Waals surface area contributed by atoms with Crippen LogP contribution in [0.5, 0.6) is 0 Å². The number of halogens is 11. The van der Waals surface area contributed by atoms with Gasteiger partial charge >= 0.3 is 41.8 Å². The number of aliphatic carboxylic acids is 7. The number of carboxylic acid groups (broad SMARTS) is 7. The van der Waals surface area contributed by atoms with Gasteiger partial charge in [0.05, 0.1) is 38.7 Å². The Morgan fingerprint density at radius 2 is 0.880 bits per heavy atom. The molecular weight excluding hydrogens is 1460 g/mol. The van der Waals surface area contributed by atoms with E-state index in [9.17, 15) is 81.9 Å². The smallest absolute Gasteiger partial charge is 0.329 e. The number of carboxylic acids is 7. The van der Waals surface area contributed by atoms with Gasteiger partial charge in [-0.05, 0) is 138 Å². The Bertz CT molecular complexity index is 2990. The number of alkyl halides is 11. The van der Waals surface area contributed by atoms with Crippen molar-refractivity contribution in [2.75, 3.05) is 98.4 Å². The van der Waals surface area contributed by atoms with Gasteiger partial charge in [0.1, 0.15) is 50.5 Å². The SMILES string of the molecule is CC(C)(C)N1CC(F)(F)CC1/C=C/C(=O)O.CC(C)(C)N1CC(F)(F)CC1COCC(=O)O.CC(C)(C)N1CC(F)C(OCC(=O)O)C1.CC(C)(C)N1CC(F)CC1/C=C/C(=O)O.CC(C)(C)N1CC(OCC(=O)O)C(F)(F)C1.CC(C)N1CC(/C=C/C(=O)O)C(F)(F)C1.CC(C)N1CC(F)C(/C=C/C(=O)O)C1. The lowest BCUT2D eigenvalue weighted by Crippen LogP contribution is -2.47. The van der Waals surface area contributed by atoms with Crippen molar-refractivity contribution in [2.24, 2.45) is 11.8 Å². The Balaban J connectivity index is 0.000000630. The number of hydrogen-bond donors (Lipinski definition) is 7. The van der Waals surface area contributed by atoms with Crippen LogP contribution in [0.4, 0.5) is 48.3 Å². The maximum atomic E-state index is 13.5. The van der Waals surface area contributed by atoms with Gasteiger partial charge in [-0.2, -0.15) is 0 Å². The quantitative estimate of drug-likeness (QED) is 0.0440. The van der Waals surface area contributed by atoms with Crippen molar-refractivity contribution in [3.05, 3.63) is 48.6 Å². The zero-order valence-corrected chi connectivity index (χ0v) is 65.8. The maximum Gasteiger partial charge on any atom is 0.329 e. The number of carbonyl (C=O) groups is 7. The van der Waals surface area contributed by atoms with Crippen LogP contribution in [-0.4, -0.2) is 323 Å². The molecule has 0 aliphatic carbocycles. The molecule has 0 saturated carbocycles. The molecule has 7 saturated heterocycles. The molecule has 7 heterocycles. The van der Waals surface area contributed by atoms with E-state index in [2.05, 4.69) is 0 Å². The Morgan fingerprint density at radius 3 is 1.30 bits per heavy atom. The maximum absolute atomic E-state index is 13.5. The van der Waals surface area contributed by atoms with E-state index in [4.69, 9.17) is 50.0 Å². The van der Waals surface area contributed by atoms with Crippen LogP contribution in [0.15, 0.2) is 48.6 Å². The fraction of sp³-hybridized carbons (Fsp3) is 0.795. The summed E-state index contributed by atoms with van der Waals surface area (Å²) in [5.74, 6) is -20.2. The van der Waals surface area contributed by atoms with Crippen molar-refractivity contribution >= 4 is 41.8 Å². The molecule has 0 amide bonds. The Hall–Kier alpha value is -5.92. The van der Waals surface area contributed by atoms with Gasteiger partial charge < -0.3 is 50.0 Å². The van der Waals surface area contributed by atoms with Crippen molar-refractivity contribution in [2.45, 2.75) is 263 Å². The lowest BCUT2D eigenvalue weighted by Gasteiger charge is -2.36. The highest BCUT2D eigenvalue weighted by Gasteiger charge is 2.53. The molecule has 7 aliphatic heterocycles. The summed E-state index contributed by atoms with van der Waals surface area (Å²) in [6.45, 7) is 36.0. The molecule has 7 rings (SSSR count). The van der Waals surface area contributed by atoms with Crippen LogP contribution in [0, 0.1) is 11.8 Å². The van der Waals surface area contributed by atoms with Gasteiger partial charge in [-0.25, -0.2) is 81.9 Å². The summed E-state index contributed by atoms with van der Waals surface area (Å²) in [7, 11) is 0. The first kappa shape index (κ1) is 100. The number of rotatable bonds is 20. The third-order valence-corrected chi connectivity index (χ3v) is 18.3. The summed E-state index contributed by atoms with van der Waals surface area (Å²) in [4.78, 5) is 84.6. The molecule has 0 radical (unpaired) electrons. The second kappa shape index (κ2) is 42.1. The molecular formula is C73H120F11N7O17. The predicted molar refractivity (Wildman–Crippen MR) is 382 cm³/mol. The molecule has 10 unspecified atom stereocenters. The topological polar surface area (TPSA) is 311 Å². The number of likely N-dealkylation sites (tertiary alicyclic amines) is 7. The summed E-state index contributed by atoms with van der Waals surface area (Å²) in [6, 6.07) is -0.665. The first-order chi connectivity index (χ1) is 48.8. The summed E-state index contributed by atoms with van der Waals surface area (Å²) >= 11 is 0. The van der Waals surface area contributed by atoms with Crippen molar-refractivity contribution in [1.29, 1.82) is 0 Å². The minimum Gasteiger partial charge on any atom is -0.480 e. The summed E-state index contributed by atoms with van der Waals surface area (Å²) in [5, 5.41) is 59.1. The highest BCUT2D eigenvalue weighted by atomic mass is 19.3. The third kappa shape index (κ3) is 37.4. The van der Waals surface area contributed by atoms with Crippen LogP contribution in [-0.2, 0) is 47.8 Å². The molecule has 0 aromatic carbocycles. The van der Waals surface area contributed by atoms with E-state index in [1.165, 1.54) is 12.2 Å². The van der Waals surface area contributed by atoms with E-state index >= 15 is 0 Å². The Labute approximate surface area is 627 Å². The minimum atomic E-state index is -2.98.